The van der Waals surface area contributed by atoms with Crippen molar-refractivity contribution in [2.45, 2.75) is 0 Å². The summed E-state index contributed by atoms with van der Waals surface area (Å²) >= 11 is 0. The fourth-order valence-corrected chi connectivity index (χ4v) is 10.5. The molecule has 0 fully saturated rings. The first-order valence-corrected chi connectivity index (χ1v) is 22.8. The van der Waals surface area contributed by atoms with Crippen LogP contribution < -0.4 is 4.90 Å². The summed E-state index contributed by atoms with van der Waals surface area (Å²) in [5.74, 6) is 0. The molecule has 0 radical (unpaired) electrons. The molecule has 2 heterocycles. The highest BCUT2D eigenvalue weighted by atomic mass is 15.1. The minimum absolute atomic E-state index is 1.09. The second-order valence-corrected chi connectivity index (χ2v) is 17.2. The van der Waals surface area contributed by atoms with Gasteiger partial charge in [0, 0.05) is 38.8 Å². The predicted octanol–water partition coefficient (Wildman–Crippen LogP) is 17.8. The van der Waals surface area contributed by atoms with Crippen LogP contribution in [0.4, 0.5) is 17.1 Å². The summed E-state index contributed by atoms with van der Waals surface area (Å²) in [5, 5.41) is 10.0. The minimum atomic E-state index is 1.09. The summed E-state index contributed by atoms with van der Waals surface area (Å²) in [4.78, 5) is 2.37. The van der Waals surface area contributed by atoms with E-state index in [0.717, 1.165) is 17.1 Å². The molecule has 0 aliphatic heterocycles. The number of para-hydroxylation sites is 1. The Morgan fingerprint density at radius 1 is 0.258 bits per heavy atom. The molecule has 0 atom stereocenters. The largest absolute Gasteiger partial charge is 0.311 e. The Morgan fingerprint density at radius 2 is 0.712 bits per heavy atom. The van der Waals surface area contributed by atoms with Crippen molar-refractivity contribution < 1.29 is 0 Å². The summed E-state index contributed by atoms with van der Waals surface area (Å²) in [6, 6.07) is 93.1. The monoisotopic (exact) mass is 838 g/mol. The number of fused-ring (bicyclic) bond motifs is 10. The van der Waals surface area contributed by atoms with Crippen molar-refractivity contribution in [2.24, 2.45) is 0 Å². The minimum Gasteiger partial charge on any atom is -0.311 e. The summed E-state index contributed by atoms with van der Waals surface area (Å²) in [7, 11) is 0. The number of aromatic nitrogens is 1. The van der Waals surface area contributed by atoms with Crippen LogP contribution in [0.25, 0.3) is 104 Å². The fourth-order valence-electron chi connectivity index (χ4n) is 10.5. The maximum atomic E-state index is 2.50. The van der Waals surface area contributed by atoms with Crippen LogP contribution in [0.2, 0.25) is 0 Å². The van der Waals surface area contributed by atoms with Gasteiger partial charge >= 0.3 is 0 Å². The molecule has 0 unspecified atom stereocenters. The highest BCUT2D eigenvalue weighted by molar-refractivity contribution is 6.22. The molecular formula is C64H42N2. The predicted molar refractivity (Wildman–Crippen MR) is 281 cm³/mol. The molecule has 0 aliphatic carbocycles. The van der Waals surface area contributed by atoms with Gasteiger partial charge in [-0.2, -0.15) is 0 Å². The van der Waals surface area contributed by atoms with Crippen molar-refractivity contribution in [3.05, 3.63) is 255 Å². The van der Waals surface area contributed by atoms with Gasteiger partial charge in [0.1, 0.15) is 0 Å². The van der Waals surface area contributed by atoms with Crippen LogP contribution in [0.15, 0.2) is 255 Å². The fraction of sp³-hybridized carbons (Fsp3) is 0. The molecular weight excluding hydrogens is 797 g/mol. The number of anilines is 3. The van der Waals surface area contributed by atoms with Crippen LogP contribution in [-0.4, -0.2) is 4.40 Å². The molecule has 11 aromatic carbocycles. The molecule has 13 rings (SSSR count). The first kappa shape index (κ1) is 37.8. The van der Waals surface area contributed by atoms with Gasteiger partial charge in [0.25, 0.3) is 0 Å². The second-order valence-electron chi connectivity index (χ2n) is 17.2. The smallest absolute Gasteiger partial charge is 0.0625 e. The SMILES string of the molecule is c1ccc(-c2c3ccc(-c4ccc(N(c5ccc(-c6cccc7ccccc67)cc5)c5ccc(-c6cccc7ccccc67)cc5)cc4)cc3n3c4ccccc4c4ccccc4c23)cc1. The molecule has 2 heteroatoms. The Kier molecular flexibility index (Phi) is 8.89. The maximum absolute atomic E-state index is 2.50. The summed E-state index contributed by atoms with van der Waals surface area (Å²) in [5.41, 5.74) is 16.6. The van der Waals surface area contributed by atoms with E-state index in [0.29, 0.717) is 0 Å². The van der Waals surface area contributed by atoms with Gasteiger partial charge in [-0.25, -0.2) is 0 Å². The third-order valence-electron chi connectivity index (χ3n) is 13.6. The van der Waals surface area contributed by atoms with E-state index < -0.39 is 0 Å². The van der Waals surface area contributed by atoms with Crippen molar-refractivity contribution in [3.8, 4) is 44.5 Å². The van der Waals surface area contributed by atoms with Crippen molar-refractivity contribution in [2.75, 3.05) is 4.90 Å². The van der Waals surface area contributed by atoms with Gasteiger partial charge < -0.3 is 9.30 Å². The van der Waals surface area contributed by atoms with Crippen molar-refractivity contribution in [1.29, 1.82) is 0 Å². The van der Waals surface area contributed by atoms with E-state index in [9.17, 15) is 0 Å². The lowest BCUT2D eigenvalue weighted by Gasteiger charge is -2.26. The number of hydrogen-bond donors (Lipinski definition) is 0. The molecule has 0 bridgehead atoms. The lowest BCUT2D eigenvalue weighted by Crippen LogP contribution is -2.09. The topological polar surface area (TPSA) is 7.65 Å². The van der Waals surface area contributed by atoms with Crippen LogP contribution in [-0.2, 0) is 0 Å². The number of pyridine rings is 1. The van der Waals surface area contributed by atoms with Gasteiger partial charge in [0.05, 0.1) is 16.6 Å². The summed E-state index contributed by atoms with van der Waals surface area (Å²) < 4.78 is 2.50. The molecule has 0 saturated heterocycles. The molecule has 13 aromatic rings. The number of hydrogen-bond acceptors (Lipinski definition) is 1. The number of nitrogens with zero attached hydrogens (tertiary/aromatic N) is 2. The molecule has 66 heavy (non-hydrogen) atoms. The van der Waals surface area contributed by atoms with Crippen LogP contribution in [0.1, 0.15) is 0 Å². The average Bonchev–Trinajstić information content (AvgIpc) is 3.74. The van der Waals surface area contributed by atoms with E-state index in [2.05, 4.69) is 264 Å². The van der Waals surface area contributed by atoms with E-state index in [1.807, 2.05) is 0 Å². The zero-order valence-electron chi connectivity index (χ0n) is 36.1. The summed E-state index contributed by atoms with van der Waals surface area (Å²) in [6.45, 7) is 0. The second kappa shape index (κ2) is 15.5. The van der Waals surface area contributed by atoms with Crippen LogP contribution in [0.3, 0.4) is 0 Å². The highest BCUT2D eigenvalue weighted by Gasteiger charge is 2.21. The Bertz CT molecular complexity index is 3820. The quantitative estimate of drug-likeness (QED) is 0.145. The zero-order chi connectivity index (χ0) is 43.6. The molecule has 0 spiro atoms. The normalized spacial score (nSPS) is 11.6. The van der Waals surface area contributed by atoms with E-state index in [1.165, 1.54) is 104 Å². The lowest BCUT2D eigenvalue weighted by atomic mass is 9.97. The zero-order valence-corrected chi connectivity index (χ0v) is 36.1. The Morgan fingerprint density at radius 3 is 1.30 bits per heavy atom. The van der Waals surface area contributed by atoms with Gasteiger partial charge in [-0.05, 0) is 114 Å². The average molecular weight is 839 g/mol. The molecule has 0 aliphatic rings. The number of rotatable bonds is 7. The van der Waals surface area contributed by atoms with Gasteiger partial charge in [-0.15, -0.1) is 0 Å². The van der Waals surface area contributed by atoms with E-state index >= 15 is 0 Å². The van der Waals surface area contributed by atoms with Crippen LogP contribution in [0, 0.1) is 0 Å². The van der Waals surface area contributed by atoms with Crippen LogP contribution in [0.5, 0.6) is 0 Å². The van der Waals surface area contributed by atoms with Crippen molar-refractivity contribution in [1.82, 2.24) is 4.40 Å². The molecule has 0 amide bonds. The van der Waals surface area contributed by atoms with Gasteiger partial charge in [0.2, 0.25) is 0 Å². The van der Waals surface area contributed by atoms with Gasteiger partial charge in [-0.1, -0.05) is 206 Å². The lowest BCUT2D eigenvalue weighted by molar-refractivity contribution is 1.28. The van der Waals surface area contributed by atoms with Gasteiger partial charge in [0.15, 0.2) is 0 Å². The summed E-state index contributed by atoms with van der Waals surface area (Å²) in [6.07, 6.45) is 0. The molecule has 0 N–H and O–H groups in total. The Hall–Kier alpha value is -8.72. The van der Waals surface area contributed by atoms with Crippen molar-refractivity contribution >= 4 is 76.7 Å². The first-order chi connectivity index (χ1) is 32.7. The van der Waals surface area contributed by atoms with E-state index in [-0.39, 0.29) is 0 Å². The van der Waals surface area contributed by atoms with Gasteiger partial charge in [-0.3, -0.25) is 0 Å². The van der Waals surface area contributed by atoms with Crippen molar-refractivity contribution in [3.63, 3.8) is 0 Å². The molecule has 0 saturated carbocycles. The number of benzene rings is 11. The highest BCUT2D eigenvalue weighted by Crippen LogP contribution is 2.44. The first-order valence-electron chi connectivity index (χ1n) is 22.8. The molecule has 2 nitrogen and oxygen atoms in total. The molecule has 2 aromatic heterocycles. The Labute approximate surface area is 383 Å². The van der Waals surface area contributed by atoms with E-state index in [1.54, 1.807) is 0 Å². The third-order valence-corrected chi connectivity index (χ3v) is 13.6. The standard InChI is InChI=1S/C64H42N2/c1-2-16-48(17-3-1)63-60-41-34-49(42-62(60)66-61-27-11-10-23-58(61)57-22-8-9-24-59(57)64(63)66)43-28-35-50(36-29-43)65(51-37-30-46(31-38-51)55-25-12-18-44-14-4-6-20-53(44)55)52-39-32-47(33-40-52)56-26-13-19-45-15-5-7-21-54(45)56/h1-42H. The molecule has 308 valence electrons. The maximum Gasteiger partial charge on any atom is 0.0625 e. The Balaban J connectivity index is 0.938. The third kappa shape index (κ3) is 6.18. The van der Waals surface area contributed by atoms with E-state index in [4.69, 9.17) is 0 Å². The van der Waals surface area contributed by atoms with Crippen LogP contribution >= 0.6 is 0 Å².